The number of esters is 1. The van der Waals surface area contributed by atoms with Gasteiger partial charge in [0.2, 0.25) is 11.8 Å². The van der Waals surface area contributed by atoms with E-state index in [-0.39, 0.29) is 17.7 Å². The summed E-state index contributed by atoms with van der Waals surface area (Å²) in [5.41, 5.74) is 0.927. The average Bonchev–Trinajstić information content (AvgIpc) is 3.01. The van der Waals surface area contributed by atoms with Gasteiger partial charge in [-0.2, -0.15) is 0 Å². The molecule has 1 heterocycles. The van der Waals surface area contributed by atoms with Gasteiger partial charge in [-0.05, 0) is 37.7 Å². The number of allylic oxidation sites excluding steroid dienone is 2. The van der Waals surface area contributed by atoms with Gasteiger partial charge in [0.25, 0.3) is 5.91 Å². The highest BCUT2D eigenvalue weighted by molar-refractivity contribution is 6.08. The summed E-state index contributed by atoms with van der Waals surface area (Å²) in [6, 6.07) is 8.38. The number of rotatable bonds is 8. The van der Waals surface area contributed by atoms with E-state index < -0.39 is 35.9 Å². The molecule has 4 atom stereocenters. The second-order valence-electron chi connectivity index (χ2n) is 8.63. The lowest BCUT2D eigenvalue weighted by molar-refractivity contribution is -0.165. The van der Waals surface area contributed by atoms with Crippen LogP contribution in [0.3, 0.4) is 0 Å². The number of imide groups is 1. The molecule has 3 amide bonds. The minimum Gasteiger partial charge on any atom is -0.451 e. The SMILES string of the molecule is CC(C)C[C@H](C(=O)O[C@@H](C)C(=O)NCc1ccccc1)N1C(=O)[C@H]2CC=CC[C@H]2C1=O. The second-order valence-corrected chi connectivity index (χ2v) is 8.63. The summed E-state index contributed by atoms with van der Waals surface area (Å²) in [5, 5.41) is 2.74. The molecule has 0 bridgehead atoms. The van der Waals surface area contributed by atoms with Crippen molar-refractivity contribution < 1.29 is 23.9 Å². The van der Waals surface area contributed by atoms with Gasteiger partial charge in [0.05, 0.1) is 11.8 Å². The Morgan fingerprint density at radius 2 is 1.61 bits per heavy atom. The van der Waals surface area contributed by atoms with Crippen molar-refractivity contribution in [1.82, 2.24) is 10.2 Å². The summed E-state index contributed by atoms with van der Waals surface area (Å²) in [6.45, 7) is 5.63. The Bertz CT molecular complexity index is 838. The molecule has 0 aromatic heterocycles. The number of hydrogen-bond acceptors (Lipinski definition) is 5. The van der Waals surface area contributed by atoms with Crippen LogP contribution in [-0.4, -0.2) is 40.7 Å². The number of amides is 3. The Morgan fingerprint density at radius 3 is 2.16 bits per heavy atom. The predicted molar refractivity (Wildman–Crippen MR) is 114 cm³/mol. The first-order valence-corrected chi connectivity index (χ1v) is 10.8. The molecule has 7 nitrogen and oxygen atoms in total. The van der Waals surface area contributed by atoms with Gasteiger partial charge in [-0.3, -0.25) is 19.3 Å². The van der Waals surface area contributed by atoms with Crippen molar-refractivity contribution in [3.05, 3.63) is 48.0 Å². The van der Waals surface area contributed by atoms with E-state index in [2.05, 4.69) is 5.32 Å². The average molecular weight is 427 g/mol. The van der Waals surface area contributed by atoms with Gasteiger partial charge in [-0.1, -0.05) is 56.3 Å². The Balaban J connectivity index is 1.66. The molecular weight excluding hydrogens is 396 g/mol. The zero-order valence-corrected chi connectivity index (χ0v) is 18.2. The Morgan fingerprint density at radius 1 is 1.03 bits per heavy atom. The molecule has 1 N–H and O–H groups in total. The van der Waals surface area contributed by atoms with Crippen LogP contribution < -0.4 is 5.32 Å². The Labute approximate surface area is 182 Å². The fourth-order valence-corrected chi connectivity index (χ4v) is 4.12. The van der Waals surface area contributed by atoms with Crippen molar-refractivity contribution in [3.63, 3.8) is 0 Å². The molecule has 2 aliphatic rings. The molecule has 1 aromatic carbocycles. The van der Waals surface area contributed by atoms with Crippen LogP contribution in [-0.2, 0) is 30.5 Å². The first-order chi connectivity index (χ1) is 14.8. The van der Waals surface area contributed by atoms with E-state index in [0.29, 0.717) is 25.8 Å². The normalized spacial score (nSPS) is 22.3. The third-order valence-corrected chi connectivity index (χ3v) is 5.79. The van der Waals surface area contributed by atoms with Gasteiger partial charge in [-0.25, -0.2) is 4.79 Å². The number of nitrogens with one attached hydrogen (secondary N) is 1. The number of nitrogens with zero attached hydrogens (tertiary/aromatic N) is 1. The molecule has 0 unspecified atom stereocenters. The Hall–Kier alpha value is -2.96. The quantitative estimate of drug-likeness (QED) is 0.392. The third-order valence-electron chi connectivity index (χ3n) is 5.79. The van der Waals surface area contributed by atoms with E-state index in [1.54, 1.807) is 0 Å². The number of carbonyl (C=O) groups excluding carboxylic acids is 4. The minimum absolute atomic E-state index is 0.0566. The second kappa shape index (κ2) is 9.90. The van der Waals surface area contributed by atoms with Gasteiger partial charge in [0.15, 0.2) is 6.10 Å². The summed E-state index contributed by atoms with van der Waals surface area (Å²) in [7, 11) is 0. The van der Waals surface area contributed by atoms with Crippen molar-refractivity contribution >= 4 is 23.7 Å². The highest BCUT2D eigenvalue weighted by atomic mass is 16.5. The fourth-order valence-electron chi connectivity index (χ4n) is 4.12. The van der Waals surface area contributed by atoms with E-state index in [1.807, 2.05) is 56.3 Å². The topological polar surface area (TPSA) is 92.8 Å². The van der Waals surface area contributed by atoms with Gasteiger partial charge in [0, 0.05) is 6.54 Å². The number of benzene rings is 1. The maximum Gasteiger partial charge on any atom is 0.330 e. The lowest BCUT2D eigenvalue weighted by atomic mass is 9.85. The zero-order chi connectivity index (χ0) is 22.5. The monoisotopic (exact) mass is 426 g/mol. The number of hydrogen-bond donors (Lipinski definition) is 1. The van der Waals surface area contributed by atoms with Crippen LogP contribution in [0.5, 0.6) is 0 Å². The summed E-state index contributed by atoms with van der Waals surface area (Å²) in [6.07, 6.45) is 4.08. The molecule has 0 spiro atoms. The molecule has 166 valence electrons. The van der Waals surface area contributed by atoms with Crippen molar-refractivity contribution in [2.24, 2.45) is 17.8 Å². The number of likely N-dealkylation sites (tertiary alicyclic amines) is 1. The summed E-state index contributed by atoms with van der Waals surface area (Å²) < 4.78 is 5.41. The number of carbonyl (C=O) groups is 4. The highest BCUT2D eigenvalue weighted by Crippen LogP contribution is 2.37. The first kappa shape index (κ1) is 22.7. The first-order valence-electron chi connectivity index (χ1n) is 10.8. The third kappa shape index (κ3) is 5.21. The maximum atomic E-state index is 13.0. The lowest BCUT2D eigenvalue weighted by Crippen LogP contribution is -2.48. The van der Waals surface area contributed by atoms with Crippen LogP contribution in [0.2, 0.25) is 0 Å². The minimum atomic E-state index is -1.04. The molecule has 1 aromatic rings. The smallest absolute Gasteiger partial charge is 0.330 e. The molecule has 0 saturated carbocycles. The van der Waals surface area contributed by atoms with E-state index in [4.69, 9.17) is 4.74 Å². The summed E-state index contributed by atoms with van der Waals surface area (Å²) >= 11 is 0. The van der Waals surface area contributed by atoms with Gasteiger partial charge in [0.1, 0.15) is 6.04 Å². The maximum absolute atomic E-state index is 13.0. The Kier molecular flexibility index (Phi) is 7.25. The van der Waals surface area contributed by atoms with E-state index in [9.17, 15) is 19.2 Å². The van der Waals surface area contributed by atoms with Gasteiger partial charge >= 0.3 is 5.97 Å². The van der Waals surface area contributed by atoms with Gasteiger partial charge in [-0.15, -0.1) is 0 Å². The summed E-state index contributed by atoms with van der Waals surface area (Å²) in [5.74, 6) is -2.55. The molecular formula is C24H30N2O5. The molecule has 3 rings (SSSR count). The van der Waals surface area contributed by atoms with Crippen LogP contribution in [0.4, 0.5) is 0 Å². The van der Waals surface area contributed by atoms with Crippen LogP contribution in [0, 0.1) is 17.8 Å². The van der Waals surface area contributed by atoms with Crippen molar-refractivity contribution in [2.75, 3.05) is 0 Å². The molecule has 7 heteroatoms. The number of fused-ring (bicyclic) bond motifs is 1. The van der Waals surface area contributed by atoms with Gasteiger partial charge < -0.3 is 10.1 Å². The largest absolute Gasteiger partial charge is 0.451 e. The standard InChI is InChI=1S/C24H30N2O5/c1-15(2)13-20(26-22(28)18-11-7-8-12-19(18)23(26)29)24(30)31-16(3)21(27)25-14-17-9-5-4-6-10-17/h4-10,15-16,18-20H,11-14H2,1-3H3,(H,25,27)/t16-,18-,19+,20+/m0/s1. The molecule has 1 fully saturated rings. The molecule has 31 heavy (non-hydrogen) atoms. The molecule has 1 saturated heterocycles. The van der Waals surface area contributed by atoms with Crippen LogP contribution in [0.15, 0.2) is 42.5 Å². The van der Waals surface area contributed by atoms with Crippen LogP contribution in [0.1, 0.15) is 45.6 Å². The van der Waals surface area contributed by atoms with E-state index in [1.165, 1.54) is 6.92 Å². The van der Waals surface area contributed by atoms with Crippen LogP contribution >= 0.6 is 0 Å². The van der Waals surface area contributed by atoms with Crippen molar-refractivity contribution in [2.45, 2.75) is 58.7 Å². The highest BCUT2D eigenvalue weighted by Gasteiger charge is 2.51. The molecule has 0 radical (unpaired) electrons. The van der Waals surface area contributed by atoms with Crippen molar-refractivity contribution in [3.8, 4) is 0 Å². The van der Waals surface area contributed by atoms with Crippen LogP contribution in [0.25, 0.3) is 0 Å². The lowest BCUT2D eigenvalue weighted by Gasteiger charge is -2.27. The summed E-state index contributed by atoms with van der Waals surface area (Å²) in [4.78, 5) is 52.4. The molecule has 1 aliphatic heterocycles. The van der Waals surface area contributed by atoms with E-state index >= 15 is 0 Å². The van der Waals surface area contributed by atoms with E-state index in [0.717, 1.165) is 10.5 Å². The zero-order valence-electron chi connectivity index (χ0n) is 18.2. The fraction of sp³-hybridized carbons (Fsp3) is 0.500. The predicted octanol–water partition coefficient (Wildman–Crippen LogP) is 2.60. The molecule has 1 aliphatic carbocycles. The van der Waals surface area contributed by atoms with Crippen molar-refractivity contribution in [1.29, 1.82) is 0 Å². The number of ether oxygens (including phenoxy) is 1.